The fraction of sp³-hybridized carbons (Fsp3) is 0.765. The first-order chi connectivity index (χ1) is 10.8. The SMILES string of the molecule is C[C@H]1CC(=O)[C@H](CCC(=O)CCCCC(=O)O)[C@H]1CCC(=O)O. The van der Waals surface area contributed by atoms with Crippen LogP contribution in [0.1, 0.15) is 64.7 Å². The van der Waals surface area contributed by atoms with Crippen LogP contribution in [0.2, 0.25) is 0 Å². The van der Waals surface area contributed by atoms with Crippen molar-refractivity contribution in [1.82, 2.24) is 0 Å². The van der Waals surface area contributed by atoms with Gasteiger partial charge in [0.25, 0.3) is 0 Å². The lowest BCUT2D eigenvalue weighted by Crippen LogP contribution is -2.19. The van der Waals surface area contributed by atoms with Crippen LogP contribution in [0.15, 0.2) is 0 Å². The molecule has 1 fully saturated rings. The molecule has 0 bridgehead atoms. The molecule has 23 heavy (non-hydrogen) atoms. The summed E-state index contributed by atoms with van der Waals surface area (Å²) in [5, 5.41) is 17.3. The van der Waals surface area contributed by atoms with E-state index in [2.05, 4.69) is 0 Å². The highest BCUT2D eigenvalue weighted by atomic mass is 16.4. The van der Waals surface area contributed by atoms with E-state index in [9.17, 15) is 19.2 Å². The molecule has 0 radical (unpaired) electrons. The van der Waals surface area contributed by atoms with E-state index in [0.29, 0.717) is 44.9 Å². The lowest BCUT2D eigenvalue weighted by Gasteiger charge is -2.20. The fourth-order valence-corrected chi connectivity index (χ4v) is 3.45. The Morgan fingerprint density at radius 2 is 1.57 bits per heavy atom. The summed E-state index contributed by atoms with van der Waals surface area (Å²) in [6, 6.07) is 0. The first kappa shape index (κ1) is 19.3. The van der Waals surface area contributed by atoms with Crippen molar-refractivity contribution >= 4 is 23.5 Å². The minimum absolute atomic E-state index is 0.0541. The monoisotopic (exact) mass is 326 g/mol. The van der Waals surface area contributed by atoms with Gasteiger partial charge in [-0.15, -0.1) is 0 Å². The molecule has 0 spiro atoms. The Morgan fingerprint density at radius 3 is 2.17 bits per heavy atom. The molecule has 3 atom stereocenters. The van der Waals surface area contributed by atoms with Gasteiger partial charge in [-0.25, -0.2) is 0 Å². The van der Waals surface area contributed by atoms with Crippen molar-refractivity contribution in [3.63, 3.8) is 0 Å². The standard InChI is InChI=1S/C17H26O6/c1-11-10-15(19)14(13(11)8-9-17(22)23)7-6-12(18)4-2-3-5-16(20)21/h11,13-14H,2-10H2,1H3,(H,20,21)(H,22,23)/t11-,13-,14+/m0/s1. The maximum Gasteiger partial charge on any atom is 0.303 e. The number of rotatable bonds is 11. The Labute approximate surface area is 136 Å². The van der Waals surface area contributed by atoms with E-state index in [1.165, 1.54) is 0 Å². The van der Waals surface area contributed by atoms with Crippen LogP contribution in [0.3, 0.4) is 0 Å². The average molecular weight is 326 g/mol. The number of carboxylic acid groups (broad SMARTS) is 2. The maximum absolute atomic E-state index is 12.1. The molecule has 0 unspecified atom stereocenters. The zero-order valence-electron chi connectivity index (χ0n) is 13.6. The van der Waals surface area contributed by atoms with E-state index in [1.807, 2.05) is 6.92 Å². The number of Topliss-reactive ketones (excluding diaryl/α,β-unsaturated/α-hetero) is 2. The van der Waals surface area contributed by atoms with Gasteiger partial charge in [0.1, 0.15) is 11.6 Å². The fourth-order valence-electron chi connectivity index (χ4n) is 3.45. The molecule has 1 rings (SSSR count). The molecule has 0 aromatic carbocycles. The number of aliphatic carboxylic acids is 2. The largest absolute Gasteiger partial charge is 0.481 e. The average Bonchev–Trinajstić information content (AvgIpc) is 2.72. The summed E-state index contributed by atoms with van der Waals surface area (Å²) in [5.74, 6) is -1.48. The first-order valence-corrected chi connectivity index (χ1v) is 8.29. The van der Waals surface area contributed by atoms with Gasteiger partial charge in [-0.05, 0) is 37.5 Å². The van der Waals surface area contributed by atoms with Crippen molar-refractivity contribution < 1.29 is 29.4 Å². The molecule has 6 nitrogen and oxygen atoms in total. The van der Waals surface area contributed by atoms with E-state index in [0.717, 1.165) is 0 Å². The molecule has 2 N–H and O–H groups in total. The Bertz CT molecular complexity index is 456. The molecule has 6 heteroatoms. The predicted octanol–water partition coefficient (Wildman–Crippen LogP) is 2.69. The zero-order chi connectivity index (χ0) is 17.4. The summed E-state index contributed by atoms with van der Waals surface area (Å²) in [5.41, 5.74) is 0. The molecule has 0 aliphatic heterocycles. The molecule has 0 aromatic rings. The number of ketones is 2. The van der Waals surface area contributed by atoms with Crippen LogP contribution in [0.4, 0.5) is 0 Å². The van der Waals surface area contributed by atoms with Crippen LogP contribution in [-0.4, -0.2) is 33.7 Å². The third-order valence-electron chi connectivity index (χ3n) is 4.71. The number of unbranched alkanes of at least 4 members (excludes halogenated alkanes) is 1. The third-order valence-corrected chi connectivity index (χ3v) is 4.71. The van der Waals surface area contributed by atoms with Crippen molar-refractivity contribution in [2.24, 2.45) is 17.8 Å². The minimum atomic E-state index is -0.857. The molecular weight excluding hydrogens is 300 g/mol. The third kappa shape index (κ3) is 6.93. The van der Waals surface area contributed by atoms with Crippen LogP contribution >= 0.6 is 0 Å². The highest BCUT2D eigenvalue weighted by molar-refractivity contribution is 5.85. The van der Waals surface area contributed by atoms with Crippen molar-refractivity contribution in [3.05, 3.63) is 0 Å². The topological polar surface area (TPSA) is 109 Å². The normalized spacial score (nSPS) is 23.9. The second-order valence-corrected chi connectivity index (χ2v) is 6.53. The van der Waals surface area contributed by atoms with Gasteiger partial charge in [0.05, 0.1) is 0 Å². The van der Waals surface area contributed by atoms with Crippen molar-refractivity contribution in [1.29, 1.82) is 0 Å². The van der Waals surface area contributed by atoms with Crippen molar-refractivity contribution in [2.45, 2.75) is 64.7 Å². The van der Waals surface area contributed by atoms with Crippen LogP contribution in [0.25, 0.3) is 0 Å². The van der Waals surface area contributed by atoms with E-state index in [-0.39, 0.29) is 42.2 Å². The van der Waals surface area contributed by atoms with Gasteiger partial charge in [-0.2, -0.15) is 0 Å². The molecule has 1 aliphatic rings. The summed E-state index contributed by atoms with van der Waals surface area (Å²) in [6.45, 7) is 1.97. The lowest BCUT2D eigenvalue weighted by molar-refractivity contribution is -0.138. The maximum atomic E-state index is 12.1. The molecule has 1 saturated carbocycles. The Kier molecular flexibility index (Phi) is 7.92. The highest BCUT2D eigenvalue weighted by Crippen LogP contribution is 2.39. The van der Waals surface area contributed by atoms with Crippen LogP contribution in [0, 0.1) is 17.8 Å². The van der Waals surface area contributed by atoms with Gasteiger partial charge in [0, 0.05) is 38.0 Å². The molecule has 0 heterocycles. The van der Waals surface area contributed by atoms with Gasteiger partial charge in [-0.1, -0.05) is 6.92 Å². The smallest absolute Gasteiger partial charge is 0.303 e. The zero-order valence-corrected chi connectivity index (χ0v) is 13.6. The number of hydrogen-bond donors (Lipinski definition) is 2. The quantitative estimate of drug-likeness (QED) is 0.565. The Morgan fingerprint density at radius 1 is 0.957 bits per heavy atom. The van der Waals surface area contributed by atoms with Gasteiger partial charge in [0.2, 0.25) is 0 Å². The van der Waals surface area contributed by atoms with Gasteiger partial charge in [-0.3, -0.25) is 19.2 Å². The van der Waals surface area contributed by atoms with E-state index in [4.69, 9.17) is 10.2 Å². The van der Waals surface area contributed by atoms with Crippen molar-refractivity contribution in [2.75, 3.05) is 0 Å². The number of hydrogen-bond acceptors (Lipinski definition) is 4. The van der Waals surface area contributed by atoms with Crippen LogP contribution in [-0.2, 0) is 19.2 Å². The number of carbonyl (C=O) groups is 4. The molecular formula is C17H26O6. The second kappa shape index (κ2) is 9.43. The Balaban J connectivity index is 2.37. The van der Waals surface area contributed by atoms with Crippen molar-refractivity contribution in [3.8, 4) is 0 Å². The summed E-state index contributed by atoms with van der Waals surface area (Å²) < 4.78 is 0. The van der Waals surface area contributed by atoms with Gasteiger partial charge >= 0.3 is 11.9 Å². The highest BCUT2D eigenvalue weighted by Gasteiger charge is 2.39. The minimum Gasteiger partial charge on any atom is -0.481 e. The van der Waals surface area contributed by atoms with E-state index in [1.54, 1.807) is 0 Å². The van der Waals surface area contributed by atoms with E-state index >= 15 is 0 Å². The molecule has 1 aliphatic carbocycles. The molecule has 0 saturated heterocycles. The second-order valence-electron chi connectivity index (χ2n) is 6.53. The summed E-state index contributed by atoms with van der Waals surface area (Å²) in [7, 11) is 0. The number of carboxylic acids is 2. The Hall–Kier alpha value is -1.72. The lowest BCUT2D eigenvalue weighted by atomic mass is 9.83. The summed E-state index contributed by atoms with van der Waals surface area (Å²) in [4.78, 5) is 45.0. The predicted molar refractivity (Wildman–Crippen MR) is 83.0 cm³/mol. The van der Waals surface area contributed by atoms with Crippen LogP contribution < -0.4 is 0 Å². The molecule has 0 amide bonds. The number of carbonyl (C=O) groups excluding carboxylic acids is 2. The summed E-state index contributed by atoms with van der Waals surface area (Å²) >= 11 is 0. The van der Waals surface area contributed by atoms with E-state index < -0.39 is 11.9 Å². The van der Waals surface area contributed by atoms with Gasteiger partial charge < -0.3 is 10.2 Å². The summed E-state index contributed by atoms with van der Waals surface area (Å²) in [6.07, 6.45) is 3.30. The van der Waals surface area contributed by atoms with Crippen LogP contribution in [0.5, 0.6) is 0 Å². The van der Waals surface area contributed by atoms with Gasteiger partial charge in [0.15, 0.2) is 0 Å². The first-order valence-electron chi connectivity index (χ1n) is 8.29. The molecule has 130 valence electrons. The molecule has 0 aromatic heterocycles.